The molecular formula is C14H15NO2. The van der Waals surface area contributed by atoms with Crippen LogP contribution in [-0.4, -0.2) is 24.0 Å². The Morgan fingerprint density at radius 1 is 1.29 bits per heavy atom. The van der Waals surface area contributed by atoms with Crippen LogP contribution < -0.4 is 0 Å². The molecular weight excluding hydrogens is 214 g/mol. The lowest BCUT2D eigenvalue weighted by Crippen LogP contribution is -2.21. The molecule has 0 saturated carbocycles. The summed E-state index contributed by atoms with van der Waals surface area (Å²) in [6, 6.07) is 11.8. The second-order valence-corrected chi connectivity index (χ2v) is 4.02. The molecule has 0 radical (unpaired) electrons. The largest absolute Gasteiger partial charge is 0.374 e. The number of methoxy groups -OCH3 is 1. The van der Waals surface area contributed by atoms with Crippen molar-refractivity contribution in [3.05, 3.63) is 42.1 Å². The Kier molecular flexibility index (Phi) is 3.49. The van der Waals surface area contributed by atoms with Crippen LogP contribution in [0.4, 0.5) is 0 Å². The number of carbonyl (C=O) groups is 1. The summed E-state index contributed by atoms with van der Waals surface area (Å²) in [5, 5.41) is 1.09. The predicted molar refractivity (Wildman–Crippen MR) is 66.9 cm³/mol. The molecule has 17 heavy (non-hydrogen) atoms. The topological polar surface area (TPSA) is 39.2 Å². The van der Waals surface area contributed by atoms with E-state index in [9.17, 15) is 4.79 Å². The zero-order valence-corrected chi connectivity index (χ0v) is 10.0. The lowest BCUT2D eigenvalue weighted by atomic mass is 10.1. The number of hydrogen-bond acceptors (Lipinski definition) is 3. The maximum absolute atomic E-state index is 11.7. The number of aromatic nitrogens is 1. The Hall–Kier alpha value is -1.74. The quantitative estimate of drug-likeness (QED) is 0.808. The molecule has 0 saturated heterocycles. The summed E-state index contributed by atoms with van der Waals surface area (Å²) in [7, 11) is 1.54. The van der Waals surface area contributed by atoms with Crippen LogP contribution >= 0.6 is 0 Å². The molecule has 1 heterocycles. The van der Waals surface area contributed by atoms with E-state index in [1.807, 2.05) is 36.4 Å². The molecule has 0 fully saturated rings. The fourth-order valence-corrected chi connectivity index (χ4v) is 1.66. The molecule has 0 N–H and O–H groups in total. The second-order valence-electron chi connectivity index (χ2n) is 4.02. The van der Waals surface area contributed by atoms with Crippen LogP contribution in [-0.2, 0) is 16.0 Å². The van der Waals surface area contributed by atoms with Gasteiger partial charge in [0.15, 0.2) is 5.78 Å². The highest BCUT2D eigenvalue weighted by Crippen LogP contribution is 2.12. The molecule has 1 aromatic carbocycles. The van der Waals surface area contributed by atoms with Crippen molar-refractivity contribution in [2.24, 2.45) is 0 Å². The number of para-hydroxylation sites is 1. The van der Waals surface area contributed by atoms with Gasteiger partial charge in [-0.05, 0) is 19.1 Å². The molecule has 2 aromatic rings. The molecule has 88 valence electrons. The number of benzene rings is 1. The minimum absolute atomic E-state index is 0.0512. The third-order valence-corrected chi connectivity index (χ3v) is 2.82. The van der Waals surface area contributed by atoms with Crippen LogP contribution in [0, 0.1) is 0 Å². The highest BCUT2D eigenvalue weighted by molar-refractivity contribution is 5.85. The van der Waals surface area contributed by atoms with E-state index in [0.717, 1.165) is 16.6 Å². The predicted octanol–water partition coefficient (Wildman–Crippen LogP) is 2.38. The Morgan fingerprint density at radius 3 is 2.82 bits per heavy atom. The summed E-state index contributed by atoms with van der Waals surface area (Å²) in [6.07, 6.45) is -0.0527. The number of ether oxygens (including phenoxy) is 1. The van der Waals surface area contributed by atoms with Crippen molar-refractivity contribution in [3.63, 3.8) is 0 Å². The lowest BCUT2D eigenvalue weighted by Gasteiger charge is -2.08. The summed E-state index contributed by atoms with van der Waals surface area (Å²) in [5.74, 6) is 0.0512. The lowest BCUT2D eigenvalue weighted by molar-refractivity contribution is -0.127. The summed E-state index contributed by atoms with van der Waals surface area (Å²) in [5.41, 5.74) is 1.71. The van der Waals surface area contributed by atoms with Gasteiger partial charge in [0.1, 0.15) is 6.10 Å². The highest BCUT2D eigenvalue weighted by Gasteiger charge is 2.13. The maximum atomic E-state index is 11.7. The van der Waals surface area contributed by atoms with Crippen LogP contribution in [0.5, 0.6) is 0 Å². The maximum Gasteiger partial charge on any atom is 0.167 e. The van der Waals surface area contributed by atoms with Crippen molar-refractivity contribution in [2.45, 2.75) is 19.4 Å². The number of pyridine rings is 1. The van der Waals surface area contributed by atoms with Crippen molar-refractivity contribution in [3.8, 4) is 0 Å². The first-order valence-electron chi connectivity index (χ1n) is 5.61. The van der Waals surface area contributed by atoms with Gasteiger partial charge in [-0.25, -0.2) is 0 Å². The molecule has 0 aliphatic heterocycles. The Labute approximate surface area is 100 Å². The van der Waals surface area contributed by atoms with Gasteiger partial charge in [0.25, 0.3) is 0 Å². The van der Waals surface area contributed by atoms with Crippen molar-refractivity contribution in [1.82, 2.24) is 4.98 Å². The number of Topliss-reactive ketones (excluding diaryl/α,β-unsaturated/α-hetero) is 1. The number of nitrogens with zero attached hydrogens (tertiary/aromatic N) is 1. The van der Waals surface area contributed by atoms with E-state index in [1.165, 1.54) is 7.11 Å². The zero-order valence-electron chi connectivity index (χ0n) is 10.0. The van der Waals surface area contributed by atoms with Gasteiger partial charge in [-0.15, -0.1) is 0 Å². The minimum atomic E-state index is -0.372. The van der Waals surface area contributed by atoms with Gasteiger partial charge < -0.3 is 4.74 Å². The second kappa shape index (κ2) is 5.06. The zero-order chi connectivity index (χ0) is 12.3. The van der Waals surface area contributed by atoms with E-state index in [-0.39, 0.29) is 11.9 Å². The van der Waals surface area contributed by atoms with Crippen molar-refractivity contribution in [2.75, 3.05) is 7.11 Å². The van der Waals surface area contributed by atoms with Crippen molar-refractivity contribution < 1.29 is 9.53 Å². The van der Waals surface area contributed by atoms with Crippen LogP contribution in [0.15, 0.2) is 36.4 Å². The van der Waals surface area contributed by atoms with E-state index in [2.05, 4.69) is 4.98 Å². The Morgan fingerprint density at radius 2 is 2.06 bits per heavy atom. The summed E-state index contributed by atoms with van der Waals surface area (Å²) < 4.78 is 4.99. The summed E-state index contributed by atoms with van der Waals surface area (Å²) in [6.45, 7) is 1.75. The van der Waals surface area contributed by atoms with Gasteiger partial charge in [-0.1, -0.05) is 24.3 Å². The summed E-state index contributed by atoms with van der Waals surface area (Å²) >= 11 is 0. The van der Waals surface area contributed by atoms with E-state index in [0.29, 0.717) is 6.42 Å². The number of hydrogen-bond donors (Lipinski definition) is 0. The number of carbonyl (C=O) groups excluding carboxylic acids is 1. The van der Waals surface area contributed by atoms with E-state index < -0.39 is 0 Å². The number of ketones is 1. The van der Waals surface area contributed by atoms with Crippen LogP contribution in [0.3, 0.4) is 0 Å². The van der Waals surface area contributed by atoms with Gasteiger partial charge in [0.05, 0.1) is 11.9 Å². The monoisotopic (exact) mass is 229 g/mol. The third-order valence-electron chi connectivity index (χ3n) is 2.82. The molecule has 0 aliphatic carbocycles. The minimum Gasteiger partial charge on any atom is -0.374 e. The summed E-state index contributed by atoms with van der Waals surface area (Å²) in [4.78, 5) is 16.2. The first kappa shape index (κ1) is 11.7. The number of fused-ring (bicyclic) bond motifs is 1. The molecule has 1 aromatic heterocycles. The number of rotatable bonds is 4. The SMILES string of the molecule is COC(C)C(=O)Cc1ccc2ccccc2n1. The van der Waals surface area contributed by atoms with Crippen molar-refractivity contribution >= 4 is 16.7 Å². The molecule has 0 spiro atoms. The first-order chi connectivity index (χ1) is 8.20. The molecule has 0 bridgehead atoms. The first-order valence-corrected chi connectivity index (χ1v) is 5.61. The van der Waals surface area contributed by atoms with Gasteiger partial charge in [-0.3, -0.25) is 9.78 Å². The smallest absolute Gasteiger partial charge is 0.167 e. The Balaban J connectivity index is 2.22. The fraction of sp³-hybridized carbons (Fsp3) is 0.286. The average molecular weight is 229 g/mol. The van der Waals surface area contributed by atoms with Crippen LogP contribution in [0.25, 0.3) is 10.9 Å². The van der Waals surface area contributed by atoms with Gasteiger partial charge in [-0.2, -0.15) is 0 Å². The van der Waals surface area contributed by atoms with Crippen LogP contribution in [0.1, 0.15) is 12.6 Å². The standard InChI is InChI=1S/C14H15NO2/c1-10(17-2)14(16)9-12-8-7-11-5-3-4-6-13(11)15-12/h3-8,10H,9H2,1-2H3. The van der Waals surface area contributed by atoms with E-state index >= 15 is 0 Å². The van der Waals surface area contributed by atoms with Gasteiger partial charge >= 0.3 is 0 Å². The normalized spacial score (nSPS) is 12.6. The molecule has 3 nitrogen and oxygen atoms in total. The third kappa shape index (κ3) is 2.68. The Bertz CT molecular complexity index is 536. The van der Waals surface area contributed by atoms with E-state index in [1.54, 1.807) is 6.92 Å². The van der Waals surface area contributed by atoms with Crippen LogP contribution in [0.2, 0.25) is 0 Å². The average Bonchev–Trinajstić information content (AvgIpc) is 2.37. The molecule has 1 atom stereocenters. The molecule has 0 amide bonds. The van der Waals surface area contributed by atoms with Gasteiger partial charge in [0.2, 0.25) is 0 Å². The molecule has 2 rings (SSSR count). The van der Waals surface area contributed by atoms with E-state index in [4.69, 9.17) is 4.74 Å². The molecule has 1 unspecified atom stereocenters. The molecule has 0 aliphatic rings. The van der Waals surface area contributed by atoms with Crippen molar-refractivity contribution in [1.29, 1.82) is 0 Å². The van der Waals surface area contributed by atoms with Gasteiger partial charge in [0, 0.05) is 18.2 Å². The highest BCUT2D eigenvalue weighted by atomic mass is 16.5. The molecule has 3 heteroatoms. The fourth-order valence-electron chi connectivity index (χ4n) is 1.66.